The Balaban J connectivity index is 1.32. The Kier molecular flexibility index (Phi) is 4.97. The average Bonchev–Trinajstić information content (AvgIpc) is 3.27. The van der Waals surface area contributed by atoms with Crippen molar-refractivity contribution in [3.05, 3.63) is 28.7 Å². The van der Waals surface area contributed by atoms with Crippen LogP contribution in [-0.2, 0) is 0 Å². The summed E-state index contributed by atoms with van der Waals surface area (Å²) in [6.07, 6.45) is 2.92. The molecular formula is C16H23BrN2O. The predicted molar refractivity (Wildman–Crippen MR) is 85.2 cm³/mol. The highest BCUT2D eigenvalue weighted by atomic mass is 79.9. The van der Waals surface area contributed by atoms with E-state index in [1.807, 2.05) is 24.3 Å². The van der Waals surface area contributed by atoms with Gasteiger partial charge in [-0.1, -0.05) is 15.9 Å². The summed E-state index contributed by atoms with van der Waals surface area (Å²) in [5, 5.41) is 0. The minimum atomic E-state index is 0.782. The fourth-order valence-electron chi connectivity index (χ4n) is 2.68. The molecule has 0 radical (unpaired) electrons. The van der Waals surface area contributed by atoms with Crippen molar-refractivity contribution in [2.45, 2.75) is 12.8 Å². The van der Waals surface area contributed by atoms with Crippen LogP contribution in [0.3, 0.4) is 0 Å². The van der Waals surface area contributed by atoms with Gasteiger partial charge in [0.05, 0.1) is 0 Å². The molecule has 0 spiro atoms. The van der Waals surface area contributed by atoms with E-state index < -0.39 is 0 Å². The lowest BCUT2D eigenvalue weighted by molar-refractivity contribution is 0.114. The van der Waals surface area contributed by atoms with Crippen molar-refractivity contribution in [3.8, 4) is 5.75 Å². The van der Waals surface area contributed by atoms with E-state index in [-0.39, 0.29) is 0 Å². The van der Waals surface area contributed by atoms with Gasteiger partial charge in [0.15, 0.2) is 0 Å². The van der Waals surface area contributed by atoms with Gasteiger partial charge in [0.1, 0.15) is 12.4 Å². The maximum absolute atomic E-state index is 5.79. The molecule has 2 aliphatic rings. The van der Waals surface area contributed by atoms with E-state index in [1.165, 1.54) is 45.6 Å². The van der Waals surface area contributed by atoms with Crippen LogP contribution in [0.2, 0.25) is 0 Å². The average molecular weight is 339 g/mol. The standard InChI is InChI=1S/C16H23BrN2O/c17-15-3-5-16(6-4-15)20-12-11-18-7-9-19(10-8-18)13-14-1-2-14/h3-6,14H,1-2,7-13H2. The van der Waals surface area contributed by atoms with Crippen molar-refractivity contribution < 1.29 is 4.74 Å². The quantitative estimate of drug-likeness (QED) is 0.793. The second-order valence-electron chi connectivity index (χ2n) is 5.89. The van der Waals surface area contributed by atoms with Crippen LogP contribution in [0.15, 0.2) is 28.7 Å². The second-order valence-corrected chi connectivity index (χ2v) is 6.80. The van der Waals surface area contributed by atoms with Gasteiger partial charge in [-0.2, -0.15) is 0 Å². The second kappa shape index (κ2) is 6.92. The molecule has 20 heavy (non-hydrogen) atoms. The molecule has 1 aliphatic carbocycles. The molecule has 0 unspecified atom stereocenters. The maximum atomic E-state index is 5.79. The number of benzene rings is 1. The molecule has 0 atom stereocenters. The van der Waals surface area contributed by atoms with Crippen LogP contribution < -0.4 is 4.74 Å². The van der Waals surface area contributed by atoms with Gasteiger partial charge in [0.2, 0.25) is 0 Å². The molecule has 0 amide bonds. The number of nitrogens with zero attached hydrogens (tertiary/aromatic N) is 2. The molecule has 1 aromatic carbocycles. The fourth-order valence-corrected chi connectivity index (χ4v) is 2.95. The zero-order valence-corrected chi connectivity index (χ0v) is 13.5. The lowest BCUT2D eigenvalue weighted by Gasteiger charge is -2.34. The van der Waals surface area contributed by atoms with Crippen LogP contribution in [0.4, 0.5) is 0 Å². The van der Waals surface area contributed by atoms with E-state index in [4.69, 9.17) is 4.74 Å². The number of piperazine rings is 1. The van der Waals surface area contributed by atoms with E-state index in [9.17, 15) is 0 Å². The molecule has 1 saturated carbocycles. The van der Waals surface area contributed by atoms with Crippen LogP contribution in [0.5, 0.6) is 5.75 Å². The first kappa shape index (κ1) is 14.4. The van der Waals surface area contributed by atoms with Crippen molar-refractivity contribution in [2.75, 3.05) is 45.9 Å². The molecule has 1 saturated heterocycles. The third-order valence-corrected chi connectivity index (χ3v) is 4.70. The topological polar surface area (TPSA) is 15.7 Å². The van der Waals surface area contributed by atoms with E-state index in [0.29, 0.717) is 0 Å². The summed E-state index contributed by atoms with van der Waals surface area (Å²) in [6.45, 7) is 8.00. The smallest absolute Gasteiger partial charge is 0.119 e. The van der Waals surface area contributed by atoms with Gasteiger partial charge >= 0.3 is 0 Å². The Hall–Kier alpha value is -0.580. The van der Waals surface area contributed by atoms with Crippen molar-refractivity contribution >= 4 is 15.9 Å². The van der Waals surface area contributed by atoms with Gasteiger partial charge in [0.25, 0.3) is 0 Å². The summed E-state index contributed by atoms with van der Waals surface area (Å²) in [5.74, 6) is 1.97. The van der Waals surface area contributed by atoms with Gasteiger partial charge in [-0.15, -0.1) is 0 Å². The van der Waals surface area contributed by atoms with Crippen LogP contribution in [-0.4, -0.2) is 55.7 Å². The van der Waals surface area contributed by atoms with Crippen LogP contribution in [0.25, 0.3) is 0 Å². The fraction of sp³-hybridized carbons (Fsp3) is 0.625. The molecule has 3 rings (SSSR count). The number of rotatable bonds is 6. The number of hydrogen-bond donors (Lipinski definition) is 0. The van der Waals surface area contributed by atoms with Gasteiger partial charge in [-0.3, -0.25) is 4.90 Å². The molecule has 3 nitrogen and oxygen atoms in total. The van der Waals surface area contributed by atoms with Crippen LogP contribution >= 0.6 is 15.9 Å². The normalized spacial score (nSPS) is 21.1. The van der Waals surface area contributed by atoms with Gasteiger partial charge in [-0.05, 0) is 43.0 Å². The first-order chi connectivity index (χ1) is 9.79. The summed E-state index contributed by atoms with van der Waals surface area (Å²) in [4.78, 5) is 5.14. The van der Waals surface area contributed by atoms with Gasteiger partial charge in [-0.25, -0.2) is 0 Å². The molecule has 1 aromatic rings. The summed E-state index contributed by atoms with van der Waals surface area (Å²) >= 11 is 3.43. The lowest BCUT2D eigenvalue weighted by atomic mass is 10.3. The summed E-state index contributed by atoms with van der Waals surface area (Å²) in [5.41, 5.74) is 0. The van der Waals surface area contributed by atoms with Crippen molar-refractivity contribution in [1.82, 2.24) is 9.80 Å². The molecule has 1 aliphatic heterocycles. The van der Waals surface area contributed by atoms with Crippen molar-refractivity contribution in [2.24, 2.45) is 5.92 Å². The first-order valence-electron chi connectivity index (χ1n) is 7.63. The highest BCUT2D eigenvalue weighted by Gasteiger charge is 2.26. The Labute approximate surface area is 130 Å². The lowest BCUT2D eigenvalue weighted by Crippen LogP contribution is -2.47. The van der Waals surface area contributed by atoms with Crippen molar-refractivity contribution in [3.63, 3.8) is 0 Å². The molecule has 4 heteroatoms. The van der Waals surface area contributed by atoms with Gasteiger partial charge in [0, 0.05) is 43.7 Å². The van der Waals surface area contributed by atoms with E-state index in [0.717, 1.165) is 29.3 Å². The Morgan fingerprint density at radius 3 is 2.30 bits per heavy atom. The first-order valence-corrected chi connectivity index (χ1v) is 8.42. The summed E-state index contributed by atoms with van der Waals surface area (Å²) in [7, 11) is 0. The van der Waals surface area contributed by atoms with Crippen molar-refractivity contribution in [1.29, 1.82) is 0 Å². The molecule has 0 N–H and O–H groups in total. The molecule has 1 heterocycles. The number of hydrogen-bond acceptors (Lipinski definition) is 3. The predicted octanol–water partition coefficient (Wildman–Crippen LogP) is 2.86. The minimum Gasteiger partial charge on any atom is -0.492 e. The Morgan fingerprint density at radius 1 is 1.00 bits per heavy atom. The molecule has 2 fully saturated rings. The van der Waals surface area contributed by atoms with Gasteiger partial charge < -0.3 is 9.64 Å². The third-order valence-electron chi connectivity index (χ3n) is 4.17. The zero-order chi connectivity index (χ0) is 13.8. The molecule has 0 aromatic heterocycles. The Bertz CT molecular complexity index is 411. The Morgan fingerprint density at radius 2 is 1.65 bits per heavy atom. The largest absolute Gasteiger partial charge is 0.492 e. The van der Waals surface area contributed by atoms with E-state index in [2.05, 4.69) is 25.7 Å². The third kappa shape index (κ3) is 4.47. The number of ether oxygens (including phenoxy) is 1. The number of halogens is 1. The van der Waals surface area contributed by atoms with Crippen LogP contribution in [0, 0.1) is 5.92 Å². The maximum Gasteiger partial charge on any atom is 0.119 e. The molecule has 0 bridgehead atoms. The summed E-state index contributed by atoms with van der Waals surface area (Å²) in [6, 6.07) is 8.06. The van der Waals surface area contributed by atoms with E-state index in [1.54, 1.807) is 0 Å². The zero-order valence-electron chi connectivity index (χ0n) is 11.9. The van der Waals surface area contributed by atoms with E-state index >= 15 is 0 Å². The molecule has 110 valence electrons. The summed E-state index contributed by atoms with van der Waals surface area (Å²) < 4.78 is 6.88. The monoisotopic (exact) mass is 338 g/mol. The SMILES string of the molecule is Brc1ccc(OCCN2CCN(CC3CC3)CC2)cc1. The van der Waals surface area contributed by atoms with Crippen LogP contribution in [0.1, 0.15) is 12.8 Å². The highest BCUT2D eigenvalue weighted by molar-refractivity contribution is 9.10. The minimum absolute atomic E-state index is 0.782. The highest BCUT2D eigenvalue weighted by Crippen LogP contribution is 2.29. The molecular weight excluding hydrogens is 316 g/mol.